The number of hydrogen-bond donors (Lipinski definition) is 1. The topological polar surface area (TPSA) is 104 Å². The van der Waals surface area contributed by atoms with E-state index in [1.807, 2.05) is 0 Å². The molecule has 2 aromatic rings. The first-order chi connectivity index (χ1) is 17.4. The Kier molecular flexibility index (Phi) is 8.10. The van der Waals surface area contributed by atoms with Gasteiger partial charge in [0.25, 0.3) is 0 Å². The average Bonchev–Trinajstić information content (AvgIpc) is 3.41. The summed E-state index contributed by atoms with van der Waals surface area (Å²) < 4.78 is 75.7. The van der Waals surface area contributed by atoms with E-state index >= 15 is 0 Å². The normalized spacial score (nSPS) is 23.0. The third kappa shape index (κ3) is 5.61. The predicted molar refractivity (Wildman–Crippen MR) is 139 cm³/mol. The molecule has 3 atom stereocenters. The first-order valence-electron chi connectivity index (χ1n) is 12.3. The first-order valence-corrected chi connectivity index (χ1v) is 15.2. The van der Waals surface area contributed by atoms with Gasteiger partial charge in [-0.2, -0.15) is 8.61 Å². The fraction of sp³-hybridized carbons (Fsp3) is 0.462. The quantitative estimate of drug-likeness (QED) is 0.564. The van der Waals surface area contributed by atoms with Crippen molar-refractivity contribution in [2.24, 2.45) is 5.92 Å². The van der Waals surface area contributed by atoms with Crippen molar-refractivity contribution in [1.82, 2.24) is 8.61 Å². The summed E-state index contributed by atoms with van der Waals surface area (Å²) in [6, 6.07) is 8.92. The Balaban J connectivity index is 1.74. The van der Waals surface area contributed by atoms with Gasteiger partial charge in [-0.15, -0.1) is 0 Å². The van der Waals surface area contributed by atoms with Crippen molar-refractivity contribution in [3.63, 3.8) is 0 Å². The van der Waals surface area contributed by atoms with Crippen molar-refractivity contribution in [2.45, 2.75) is 55.0 Å². The van der Waals surface area contributed by atoms with Crippen LogP contribution < -0.4 is 4.74 Å². The maximum Gasteiger partial charge on any atom is 0.247 e. The molecule has 0 saturated carbocycles. The van der Waals surface area contributed by atoms with Crippen LogP contribution in [0.1, 0.15) is 38.7 Å². The molecule has 0 radical (unpaired) electrons. The molecule has 8 nitrogen and oxygen atoms in total. The van der Waals surface area contributed by atoms with Crippen LogP contribution in [0.4, 0.5) is 4.39 Å². The van der Waals surface area contributed by atoms with E-state index in [-0.39, 0.29) is 35.2 Å². The zero-order valence-electron chi connectivity index (χ0n) is 21.2. The van der Waals surface area contributed by atoms with Crippen LogP contribution in [0.5, 0.6) is 5.75 Å². The third-order valence-electron chi connectivity index (χ3n) is 7.04. The van der Waals surface area contributed by atoms with E-state index in [1.54, 1.807) is 26.0 Å². The number of aliphatic hydroxyl groups is 1. The van der Waals surface area contributed by atoms with Crippen LogP contribution in [0.3, 0.4) is 0 Å². The van der Waals surface area contributed by atoms with Crippen molar-refractivity contribution < 1.29 is 31.1 Å². The van der Waals surface area contributed by atoms with Gasteiger partial charge in [-0.25, -0.2) is 21.2 Å². The number of hydrogen-bond acceptors (Lipinski definition) is 6. The summed E-state index contributed by atoms with van der Waals surface area (Å²) in [5, 5.41) is 9.81. The van der Waals surface area contributed by atoms with E-state index in [9.17, 15) is 26.3 Å². The number of halogens is 1. The molecule has 1 N–H and O–H groups in total. The minimum atomic E-state index is -3.99. The molecular weight excluding hydrogens is 519 g/mol. The zero-order chi connectivity index (χ0) is 27.0. The number of fused-ring (bicyclic) bond motifs is 1. The number of ether oxygens (including phenoxy) is 1. The number of aliphatic hydroxyl groups excluding tert-OH is 1. The molecule has 2 aromatic carbocycles. The van der Waals surface area contributed by atoms with E-state index in [0.29, 0.717) is 0 Å². The van der Waals surface area contributed by atoms with Crippen LogP contribution in [0.25, 0.3) is 5.57 Å². The molecule has 0 fully saturated rings. The minimum Gasteiger partial charge on any atom is -0.487 e. The van der Waals surface area contributed by atoms with E-state index < -0.39 is 43.9 Å². The fourth-order valence-corrected chi connectivity index (χ4v) is 7.72. The molecule has 0 saturated heterocycles. The van der Waals surface area contributed by atoms with Gasteiger partial charge in [-0.05, 0) is 73.7 Å². The highest BCUT2D eigenvalue weighted by molar-refractivity contribution is 7.89. The van der Waals surface area contributed by atoms with Gasteiger partial charge in [0, 0.05) is 25.6 Å². The number of benzene rings is 2. The average molecular weight is 553 g/mol. The summed E-state index contributed by atoms with van der Waals surface area (Å²) in [7, 11) is -6.53. The van der Waals surface area contributed by atoms with Crippen LogP contribution in [0.15, 0.2) is 58.3 Å². The molecule has 37 heavy (non-hydrogen) atoms. The summed E-state index contributed by atoms with van der Waals surface area (Å²) in [5.41, 5.74) is 1.99. The molecule has 4 rings (SSSR count). The van der Waals surface area contributed by atoms with Gasteiger partial charge in [0.1, 0.15) is 22.6 Å². The molecular formula is C26H33FN2O6S2. The summed E-state index contributed by atoms with van der Waals surface area (Å²) in [6.45, 7) is 3.03. The largest absolute Gasteiger partial charge is 0.487 e. The van der Waals surface area contributed by atoms with Gasteiger partial charge in [0.15, 0.2) is 0 Å². The smallest absolute Gasteiger partial charge is 0.247 e. The molecule has 1 aliphatic carbocycles. The molecule has 2 aliphatic rings. The summed E-state index contributed by atoms with van der Waals surface area (Å²) in [5.74, 6) is -0.801. The molecule has 0 bridgehead atoms. The Morgan fingerprint density at radius 3 is 2.54 bits per heavy atom. The van der Waals surface area contributed by atoms with E-state index in [4.69, 9.17) is 4.74 Å². The van der Waals surface area contributed by atoms with Crippen LogP contribution in [-0.2, 0) is 20.0 Å². The molecule has 1 aliphatic heterocycles. The Morgan fingerprint density at radius 1 is 1.22 bits per heavy atom. The Morgan fingerprint density at radius 2 is 1.92 bits per heavy atom. The number of nitrogens with zero attached hydrogens (tertiary/aromatic N) is 2. The van der Waals surface area contributed by atoms with Gasteiger partial charge >= 0.3 is 0 Å². The lowest BCUT2D eigenvalue weighted by Crippen LogP contribution is -2.50. The van der Waals surface area contributed by atoms with E-state index in [2.05, 4.69) is 6.08 Å². The highest BCUT2D eigenvalue weighted by Gasteiger charge is 2.39. The second-order valence-corrected chi connectivity index (χ2v) is 13.7. The Labute approximate surface area is 218 Å². The maximum atomic E-state index is 13.6. The van der Waals surface area contributed by atoms with Crippen LogP contribution in [0.2, 0.25) is 0 Å². The van der Waals surface area contributed by atoms with Gasteiger partial charge < -0.3 is 9.84 Å². The number of allylic oxidation sites excluding steroid dienone is 2. The molecule has 202 valence electrons. The van der Waals surface area contributed by atoms with Crippen LogP contribution in [0, 0.1) is 11.7 Å². The van der Waals surface area contributed by atoms with Crippen molar-refractivity contribution in [3.05, 3.63) is 59.9 Å². The highest BCUT2D eigenvalue weighted by Crippen LogP contribution is 2.37. The minimum absolute atomic E-state index is 0.0175. The van der Waals surface area contributed by atoms with Gasteiger partial charge in [-0.3, -0.25) is 0 Å². The molecule has 0 spiro atoms. The first kappa shape index (κ1) is 27.7. The van der Waals surface area contributed by atoms with Crippen molar-refractivity contribution in [2.75, 3.05) is 26.7 Å². The lowest BCUT2D eigenvalue weighted by molar-refractivity contribution is 0.0904. The Bertz CT molecular complexity index is 1380. The Hall–Kier alpha value is -2.31. The lowest BCUT2D eigenvalue weighted by Gasteiger charge is -2.37. The second kappa shape index (κ2) is 10.8. The van der Waals surface area contributed by atoms with E-state index in [1.165, 1.54) is 29.6 Å². The summed E-state index contributed by atoms with van der Waals surface area (Å²) >= 11 is 0. The molecule has 11 heteroatoms. The highest BCUT2D eigenvalue weighted by atomic mass is 32.2. The SMILES string of the molecule is C[C@H](CO)N1C[C@H](C)[C@H](CN(C)S(=O)(=O)c2ccc(F)cc2)Oc2cc(C3=CCCC3)ccc2S1(=O)=O. The zero-order valence-corrected chi connectivity index (χ0v) is 22.8. The van der Waals surface area contributed by atoms with Crippen LogP contribution in [-0.4, -0.2) is 69.4 Å². The van der Waals surface area contributed by atoms with Gasteiger partial charge in [-0.1, -0.05) is 19.1 Å². The van der Waals surface area contributed by atoms with Crippen molar-refractivity contribution >= 4 is 25.6 Å². The van der Waals surface area contributed by atoms with Crippen molar-refractivity contribution in [1.29, 1.82) is 0 Å². The maximum absolute atomic E-state index is 13.6. The molecule has 0 aromatic heterocycles. The van der Waals surface area contributed by atoms with E-state index in [0.717, 1.165) is 46.8 Å². The number of likely N-dealkylation sites (N-methyl/N-ethyl adjacent to an activating group) is 1. The lowest BCUT2D eigenvalue weighted by atomic mass is 10.0. The van der Waals surface area contributed by atoms with Gasteiger partial charge in [0.2, 0.25) is 20.0 Å². The van der Waals surface area contributed by atoms with Gasteiger partial charge in [0.05, 0.1) is 18.0 Å². The summed E-state index contributed by atoms with van der Waals surface area (Å²) in [4.78, 5) is -0.0695. The summed E-state index contributed by atoms with van der Waals surface area (Å²) in [6.07, 6.45) is 4.30. The molecule has 0 unspecified atom stereocenters. The number of rotatable bonds is 7. The van der Waals surface area contributed by atoms with Crippen molar-refractivity contribution in [3.8, 4) is 5.75 Å². The number of sulfonamides is 2. The fourth-order valence-electron chi connectivity index (χ4n) is 4.71. The molecule has 1 heterocycles. The van der Waals surface area contributed by atoms with Crippen LogP contribution >= 0.6 is 0 Å². The predicted octanol–water partition coefficient (Wildman–Crippen LogP) is 3.48. The third-order valence-corrected chi connectivity index (χ3v) is 10.9. The second-order valence-electron chi connectivity index (χ2n) is 9.76. The molecule has 0 amide bonds. The standard InChI is InChI=1S/C26H33FN2O6S2/c1-18-15-29(19(2)17-30)37(33,34)26-13-8-21(20-6-4-5-7-20)14-24(26)35-25(18)16-28(3)36(31,32)23-11-9-22(27)10-12-23/h6,8-14,18-19,25,30H,4-5,7,15-17H2,1-3H3/t18-,19+,25-/m0/s1. The monoisotopic (exact) mass is 552 g/mol.